The van der Waals surface area contributed by atoms with E-state index in [-0.39, 0.29) is 11.1 Å². The summed E-state index contributed by atoms with van der Waals surface area (Å²) in [6, 6.07) is 4.14. The molecule has 2 aromatic heterocycles. The number of rotatable bonds is 3. The molecule has 0 aromatic carbocycles. The number of aromatic nitrogens is 2. The van der Waals surface area contributed by atoms with Crippen molar-refractivity contribution in [3.05, 3.63) is 34.7 Å². The van der Waals surface area contributed by atoms with Crippen LogP contribution in [0.1, 0.15) is 39.4 Å². The average Bonchev–Trinajstić information content (AvgIpc) is 2.68. The monoisotopic (exact) mass is 354 g/mol. The van der Waals surface area contributed by atoms with Gasteiger partial charge in [0.1, 0.15) is 10.3 Å². The summed E-state index contributed by atoms with van der Waals surface area (Å²) in [6.07, 6.45) is 4.01. The molecule has 2 aromatic rings. The van der Waals surface area contributed by atoms with Crippen LogP contribution in [0, 0.1) is 0 Å². The molecule has 5 heteroatoms. The highest BCUT2D eigenvalue weighted by atomic mass is 79.9. The van der Waals surface area contributed by atoms with Gasteiger partial charge in [-0.2, -0.15) is 0 Å². The number of hydrogen-bond acceptors (Lipinski definition) is 2. The van der Waals surface area contributed by atoms with Gasteiger partial charge in [-0.15, -0.1) is 0 Å². The number of hydrogen-bond donors (Lipinski definition) is 0. The van der Waals surface area contributed by atoms with Gasteiger partial charge in [0.2, 0.25) is 0 Å². The van der Waals surface area contributed by atoms with Crippen LogP contribution in [0.2, 0.25) is 18.1 Å². The molecule has 0 amide bonds. The van der Waals surface area contributed by atoms with Crippen molar-refractivity contribution in [2.24, 2.45) is 0 Å². The Morgan fingerprint density at radius 1 is 1.30 bits per heavy atom. The van der Waals surface area contributed by atoms with Crippen LogP contribution in [-0.2, 0) is 4.43 Å². The van der Waals surface area contributed by atoms with Crippen molar-refractivity contribution in [3.63, 3.8) is 0 Å². The van der Waals surface area contributed by atoms with Gasteiger partial charge in [0.05, 0.1) is 12.3 Å². The number of fused-ring (bicyclic) bond motifs is 1. The van der Waals surface area contributed by atoms with Crippen LogP contribution in [0.15, 0.2) is 29.1 Å². The van der Waals surface area contributed by atoms with E-state index in [1.807, 2.05) is 16.7 Å². The van der Waals surface area contributed by atoms with Crippen molar-refractivity contribution < 1.29 is 4.43 Å². The molecule has 2 heterocycles. The largest absolute Gasteiger partial charge is 0.410 e. The van der Waals surface area contributed by atoms with E-state index in [4.69, 9.17) is 4.43 Å². The predicted molar refractivity (Wildman–Crippen MR) is 89.6 cm³/mol. The van der Waals surface area contributed by atoms with Crippen molar-refractivity contribution in [2.45, 2.75) is 51.9 Å². The summed E-state index contributed by atoms with van der Waals surface area (Å²) in [4.78, 5) is 4.32. The normalized spacial score (nSPS) is 14.8. The summed E-state index contributed by atoms with van der Waals surface area (Å²) < 4.78 is 9.45. The first-order valence-corrected chi connectivity index (χ1v) is 10.6. The molecule has 0 saturated heterocycles. The van der Waals surface area contributed by atoms with Gasteiger partial charge in [-0.1, -0.05) is 26.8 Å². The van der Waals surface area contributed by atoms with E-state index in [1.165, 1.54) is 5.56 Å². The lowest BCUT2D eigenvalue weighted by atomic mass is 10.2. The maximum absolute atomic E-state index is 6.44. The van der Waals surface area contributed by atoms with Crippen LogP contribution >= 0.6 is 15.9 Å². The third kappa shape index (κ3) is 2.99. The topological polar surface area (TPSA) is 26.5 Å². The maximum Gasteiger partial charge on any atom is 0.192 e. The van der Waals surface area contributed by atoms with Crippen LogP contribution < -0.4 is 0 Å². The van der Waals surface area contributed by atoms with Crippen molar-refractivity contribution in [3.8, 4) is 0 Å². The van der Waals surface area contributed by atoms with E-state index < -0.39 is 8.32 Å². The van der Waals surface area contributed by atoms with Crippen LogP contribution in [0.4, 0.5) is 0 Å². The maximum atomic E-state index is 6.44. The highest BCUT2D eigenvalue weighted by Gasteiger charge is 2.38. The Balaban J connectivity index is 2.27. The molecule has 0 aliphatic rings. The van der Waals surface area contributed by atoms with Crippen LogP contribution in [0.3, 0.4) is 0 Å². The molecular formula is C15H23BrN2OSi. The number of pyridine rings is 1. The molecule has 20 heavy (non-hydrogen) atoms. The minimum absolute atomic E-state index is 0.0922. The number of halogens is 1. The Morgan fingerprint density at radius 3 is 2.55 bits per heavy atom. The summed E-state index contributed by atoms with van der Waals surface area (Å²) in [7, 11) is -1.75. The zero-order valence-corrected chi connectivity index (χ0v) is 15.7. The molecule has 0 fully saturated rings. The van der Waals surface area contributed by atoms with Crippen LogP contribution in [-0.4, -0.2) is 17.7 Å². The Labute approximate surface area is 130 Å². The van der Waals surface area contributed by atoms with Crippen molar-refractivity contribution in [1.82, 2.24) is 9.38 Å². The fourth-order valence-electron chi connectivity index (χ4n) is 1.89. The molecule has 1 unspecified atom stereocenters. The first kappa shape index (κ1) is 15.7. The molecule has 0 aliphatic heterocycles. The van der Waals surface area contributed by atoms with Gasteiger partial charge in [-0.25, -0.2) is 4.98 Å². The Bertz CT molecular complexity index is 616. The molecule has 0 radical (unpaired) electrons. The Kier molecular flexibility index (Phi) is 4.15. The van der Waals surface area contributed by atoms with Gasteiger partial charge >= 0.3 is 0 Å². The molecule has 0 aliphatic carbocycles. The van der Waals surface area contributed by atoms with Gasteiger partial charge < -0.3 is 4.43 Å². The standard InChI is InChI=1S/C15H23BrN2OSi/c1-11(19-20(5,6)15(2,3)4)12-7-8-14-17-9-13(16)18(14)10-12/h7-11H,1-6H3. The lowest BCUT2D eigenvalue weighted by molar-refractivity contribution is 0.202. The van der Waals surface area contributed by atoms with Crippen LogP contribution in [0.25, 0.3) is 5.65 Å². The van der Waals surface area contributed by atoms with E-state index in [0.717, 1.165) is 10.3 Å². The third-order valence-electron chi connectivity index (χ3n) is 4.23. The molecule has 0 spiro atoms. The Hall–Kier alpha value is -0.653. The number of imidazole rings is 1. The highest BCUT2D eigenvalue weighted by molar-refractivity contribution is 9.10. The van der Waals surface area contributed by atoms with Crippen molar-refractivity contribution in [2.75, 3.05) is 0 Å². The van der Waals surface area contributed by atoms with E-state index in [2.05, 4.69) is 74.0 Å². The summed E-state index contributed by atoms with van der Waals surface area (Å²) in [5.74, 6) is 0. The fourth-order valence-corrected chi connectivity index (χ4v) is 3.65. The molecule has 0 N–H and O–H groups in total. The van der Waals surface area contributed by atoms with Gasteiger partial charge in [-0.3, -0.25) is 4.40 Å². The lowest BCUT2D eigenvalue weighted by Gasteiger charge is -2.38. The SMILES string of the molecule is CC(O[Si](C)(C)C(C)(C)C)c1ccc2ncc(Br)n2c1. The molecule has 3 nitrogen and oxygen atoms in total. The molecule has 2 rings (SSSR count). The summed E-state index contributed by atoms with van der Waals surface area (Å²) >= 11 is 3.51. The first-order valence-electron chi connectivity index (χ1n) is 6.92. The minimum Gasteiger partial charge on any atom is -0.410 e. The van der Waals surface area contributed by atoms with Crippen molar-refractivity contribution in [1.29, 1.82) is 0 Å². The first-order chi connectivity index (χ1) is 9.12. The number of nitrogens with zero attached hydrogens (tertiary/aromatic N) is 2. The summed E-state index contributed by atoms with van der Waals surface area (Å²) in [6.45, 7) is 13.5. The Morgan fingerprint density at radius 2 is 1.95 bits per heavy atom. The molecule has 0 saturated carbocycles. The van der Waals surface area contributed by atoms with Crippen LogP contribution in [0.5, 0.6) is 0 Å². The highest BCUT2D eigenvalue weighted by Crippen LogP contribution is 2.39. The molecule has 0 bridgehead atoms. The zero-order chi connectivity index (χ0) is 15.1. The summed E-state index contributed by atoms with van der Waals surface area (Å²) in [5.41, 5.74) is 2.13. The zero-order valence-electron chi connectivity index (χ0n) is 13.1. The smallest absolute Gasteiger partial charge is 0.192 e. The molecule has 1 atom stereocenters. The van der Waals surface area contributed by atoms with E-state index in [9.17, 15) is 0 Å². The predicted octanol–water partition coefficient (Wildman–Crippen LogP) is 5.18. The van der Waals surface area contributed by atoms with Gasteiger partial charge in [0.25, 0.3) is 0 Å². The van der Waals surface area contributed by atoms with Gasteiger partial charge in [0, 0.05) is 6.20 Å². The quantitative estimate of drug-likeness (QED) is 0.709. The fraction of sp³-hybridized carbons (Fsp3) is 0.533. The minimum atomic E-state index is -1.75. The lowest BCUT2D eigenvalue weighted by Crippen LogP contribution is -2.41. The van der Waals surface area contributed by atoms with E-state index >= 15 is 0 Å². The third-order valence-corrected chi connectivity index (χ3v) is 9.37. The average molecular weight is 355 g/mol. The van der Waals surface area contributed by atoms with Crippen molar-refractivity contribution >= 4 is 29.9 Å². The second-order valence-corrected chi connectivity index (χ2v) is 12.4. The second-order valence-electron chi connectivity index (χ2n) is 6.79. The molecule has 110 valence electrons. The summed E-state index contributed by atoms with van der Waals surface area (Å²) in [5, 5.41) is 0.223. The van der Waals surface area contributed by atoms with E-state index in [0.29, 0.717) is 0 Å². The molecular weight excluding hydrogens is 332 g/mol. The van der Waals surface area contributed by atoms with Gasteiger partial charge in [-0.05, 0) is 52.6 Å². The second kappa shape index (κ2) is 5.28. The van der Waals surface area contributed by atoms with Gasteiger partial charge in [0.15, 0.2) is 8.32 Å². The van der Waals surface area contributed by atoms with E-state index in [1.54, 1.807) is 0 Å².